The molecule has 6 heteroatoms. The van der Waals surface area contributed by atoms with Crippen LogP contribution < -0.4 is 5.32 Å². The van der Waals surface area contributed by atoms with E-state index in [9.17, 15) is 4.79 Å². The molecule has 0 aliphatic heterocycles. The molecule has 104 valence electrons. The Kier molecular flexibility index (Phi) is 4.49. The van der Waals surface area contributed by atoms with Gasteiger partial charge in [-0.15, -0.1) is 0 Å². The van der Waals surface area contributed by atoms with Gasteiger partial charge in [0.2, 0.25) is 0 Å². The van der Waals surface area contributed by atoms with Crippen molar-refractivity contribution in [1.29, 1.82) is 0 Å². The maximum Gasteiger partial charge on any atom is 0.433 e. The summed E-state index contributed by atoms with van der Waals surface area (Å²) in [5.74, 6) is 0.841. The number of amides is 1. The largest absolute Gasteiger partial charge is 0.433 e. The molecule has 1 heterocycles. The highest BCUT2D eigenvalue weighted by molar-refractivity contribution is 6.01. The van der Waals surface area contributed by atoms with E-state index in [2.05, 4.69) is 15.5 Å². The minimum absolute atomic E-state index is 0.477. The summed E-state index contributed by atoms with van der Waals surface area (Å²) in [6, 6.07) is 9.55. The Morgan fingerprint density at radius 1 is 1.40 bits per heavy atom. The van der Waals surface area contributed by atoms with Gasteiger partial charge in [-0.3, -0.25) is 4.84 Å². The fourth-order valence-electron chi connectivity index (χ4n) is 1.68. The molecule has 0 spiro atoms. The van der Waals surface area contributed by atoms with Gasteiger partial charge >= 0.3 is 6.09 Å². The van der Waals surface area contributed by atoms with Gasteiger partial charge in [0, 0.05) is 26.5 Å². The summed E-state index contributed by atoms with van der Waals surface area (Å²) in [5.41, 5.74) is 1.53. The number of carbonyl (C=O) groups is 1. The van der Waals surface area contributed by atoms with Gasteiger partial charge in [-0.05, 0) is 5.56 Å². The monoisotopic (exact) mass is 272 g/mol. The molecule has 0 unspecified atom stereocenters. The fraction of sp³-hybridized carbons (Fsp3) is 0.214. The number of benzene rings is 1. The van der Waals surface area contributed by atoms with Gasteiger partial charge < -0.3 is 9.88 Å². The first-order chi connectivity index (χ1) is 9.70. The Morgan fingerprint density at radius 3 is 2.75 bits per heavy atom. The van der Waals surface area contributed by atoms with Gasteiger partial charge in [0.05, 0.1) is 12.1 Å². The third-order valence-electron chi connectivity index (χ3n) is 2.80. The van der Waals surface area contributed by atoms with Crippen molar-refractivity contribution in [1.82, 2.24) is 14.9 Å². The smallest absolute Gasteiger partial charge is 0.338 e. The molecule has 1 aromatic heterocycles. The molecular weight excluding hydrogens is 256 g/mol. The molecule has 0 fully saturated rings. The lowest BCUT2D eigenvalue weighted by Crippen LogP contribution is -2.18. The van der Waals surface area contributed by atoms with Crippen LogP contribution in [0.5, 0.6) is 0 Å². The second kappa shape index (κ2) is 6.51. The molecule has 20 heavy (non-hydrogen) atoms. The lowest BCUT2D eigenvalue weighted by atomic mass is 10.1. The third kappa shape index (κ3) is 3.44. The fourth-order valence-corrected chi connectivity index (χ4v) is 1.68. The highest BCUT2D eigenvalue weighted by atomic mass is 16.7. The average Bonchev–Trinajstić information content (AvgIpc) is 2.89. The predicted octanol–water partition coefficient (Wildman–Crippen LogP) is 1.72. The molecule has 1 N–H and O–H groups in total. The van der Waals surface area contributed by atoms with Gasteiger partial charge in [-0.1, -0.05) is 35.5 Å². The van der Waals surface area contributed by atoms with E-state index in [0.29, 0.717) is 12.1 Å². The summed E-state index contributed by atoms with van der Waals surface area (Å²) >= 11 is 0. The van der Waals surface area contributed by atoms with E-state index in [1.165, 1.54) is 7.05 Å². The molecular formula is C14H16N4O2. The number of nitrogens with zero attached hydrogens (tertiary/aromatic N) is 3. The molecule has 0 radical (unpaired) electrons. The first kappa shape index (κ1) is 13.8. The highest BCUT2D eigenvalue weighted by Crippen LogP contribution is 2.07. The van der Waals surface area contributed by atoms with Crippen molar-refractivity contribution >= 4 is 11.8 Å². The van der Waals surface area contributed by atoms with Crippen molar-refractivity contribution in [2.75, 3.05) is 7.05 Å². The van der Waals surface area contributed by atoms with E-state index >= 15 is 0 Å². The number of hydrogen-bond acceptors (Lipinski definition) is 4. The number of hydrogen-bond donors (Lipinski definition) is 1. The molecule has 2 aromatic rings. The summed E-state index contributed by atoms with van der Waals surface area (Å²) in [6.07, 6.45) is 3.46. The van der Waals surface area contributed by atoms with E-state index in [0.717, 1.165) is 11.4 Å². The zero-order valence-electron chi connectivity index (χ0n) is 11.4. The third-order valence-corrected chi connectivity index (χ3v) is 2.80. The van der Waals surface area contributed by atoms with Crippen LogP contribution in [-0.2, 0) is 18.3 Å². The number of imidazole rings is 1. The maximum atomic E-state index is 11.2. The van der Waals surface area contributed by atoms with Crippen LogP contribution in [0.3, 0.4) is 0 Å². The van der Waals surface area contributed by atoms with Crippen LogP contribution in [0, 0.1) is 0 Å². The van der Waals surface area contributed by atoms with Gasteiger partial charge in [0.15, 0.2) is 0 Å². The molecule has 0 aliphatic carbocycles. The van der Waals surface area contributed by atoms with Crippen molar-refractivity contribution in [3.05, 3.63) is 54.1 Å². The predicted molar refractivity (Wildman–Crippen MR) is 75.4 cm³/mol. The Bertz CT molecular complexity index is 605. The Morgan fingerprint density at radius 2 is 2.15 bits per heavy atom. The van der Waals surface area contributed by atoms with E-state index in [4.69, 9.17) is 4.84 Å². The van der Waals surface area contributed by atoms with Crippen LogP contribution in [0.25, 0.3) is 0 Å². The molecule has 0 saturated heterocycles. The first-order valence-corrected chi connectivity index (χ1v) is 6.18. The molecule has 0 saturated carbocycles. The second-order valence-electron chi connectivity index (χ2n) is 4.16. The van der Waals surface area contributed by atoms with Crippen molar-refractivity contribution in [3.63, 3.8) is 0 Å². The number of nitrogens with one attached hydrogen (secondary N) is 1. The number of carbonyl (C=O) groups excluding carboxylic acids is 1. The zero-order chi connectivity index (χ0) is 14.4. The van der Waals surface area contributed by atoms with Crippen molar-refractivity contribution in [2.24, 2.45) is 12.2 Å². The Balaban J connectivity index is 2.25. The van der Waals surface area contributed by atoms with Crippen LogP contribution in [0.1, 0.15) is 11.4 Å². The number of rotatable bonds is 4. The van der Waals surface area contributed by atoms with E-state index in [1.807, 2.05) is 48.1 Å². The summed E-state index contributed by atoms with van der Waals surface area (Å²) in [4.78, 5) is 20.2. The molecule has 0 aliphatic rings. The summed E-state index contributed by atoms with van der Waals surface area (Å²) in [7, 11) is 3.39. The average molecular weight is 272 g/mol. The SMILES string of the molecule is CNC(=O)O/N=C(\Cc1nccn1C)c1ccccc1. The topological polar surface area (TPSA) is 68.5 Å². The van der Waals surface area contributed by atoms with E-state index in [-0.39, 0.29) is 0 Å². The van der Waals surface area contributed by atoms with Crippen molar-refractivity contribution < 1.29 is 9.63 Å². The molecule has 0 bridgehead atoms. The van der Waals surface area contributed by atoms with Gasteiger partial charge in [0.25, 0.3) is 0 Å². The molecule has 0 atom stereocenters. The van der Waals surface area contributed by atoms with Gasteiger partial charge in [-0.2, -0.15) is 0 Å². The molecule has 1 amide bonds. The number of oxime groups is 1. The summed E-state index contributed by atoms with van der Waals surface area (Å²) < 4.78 is 1.90. The van der Waals surface area contributed by atoms with Gasteiger partial charge in [-0.25, -0.2) is 9.78 Å². The standard InChI is InChI=1S/C14H16N4O2/c1-15-14(19)20-17-12(11-6-4-3-5-7-11)10-13-16-8-9-18(13)2/h3-9H,10H2,1-2H3,(H,15,19)/b17-12+. The minimum Gasteiger partial charge on any atom is -0.338 e. The zero-order valence-corrected chi connectivity index (χ0v) is 11.4. The van der Waals surface area contributed by atoms with Crippen LogP contribution in [0.4, 0.5) is 4.79 Å². The van der Waals surface area contributed by atoms with Gasteiger partial charge in [0.1, 0.15) is 5.82 Å². The molecule has 2 rings (SSSR count). The first-order valence-electron chi connectivity index (χ1n) is 6.18. The van der Waals surface area contributed by atoms with Crippen molar-refractivity contribution in [3.8, 4) is 0 Å². The van der Waals surface area contributed by atoms with Crippen LogP contribution in [0.2, 0.25) is 0 Å². The summed E-state index contributed by atoms with van der Waals surface area (Å²) in [5, 5.41) is 6.28. The molecule has 6 nitrogen and oxygen atoms in total. The van der Waals surface area contributed by atoms with E-state index < -0.39 is 6.09 Å². The molecule has 1 aromatic carbocycles. The highest BCUT2D eigenvalue weighted by Gasteiger charge is 2.10. The maximum absolute atomic E-state index is 11.2. The van der Waals surface area contributed by atoms with Crippen LogP contribution >= 0.6 is 0 Å². The number of aryl methyl sites for hydroxylation is 1. The van der Waals surface area contributed by atoms with E-state index in [1.54, 1.807) is 6.20 Å². The van der Waals surface area contributed by atoms with Crippen LogP contribution in [-0.4, -0.2) is 28.4 Å². The quantitative estimate of drug-likeness (QED) is 0.523. The van der Waals surface area contributed by atoms with Crippen molar-refractivity contribution in [2.45, 2.75) is 6.42 Å². The lowest BCUT2D eigenvalue weighted by Gasteiger charge is -2.06. The Hall–Kier alpha value is -2.63. The minimum atomic E-state index is -0.599. The Labute approximate surface area is 117 Å². The normalized spacial score (nSPS) is 11.2. The lowest BCUT2D eigenvalue weighted by molar-refractivity contribution is 0.153. The second-order valence-corrected chi connectivity index (χ2v) is 4.16. The van der Waals surface area contributed by atoms with Crippen LogP contribution in [0.15, 0.2) is 47.9 Å². The number of aromatic nitrogens is 2. The summed E-state index contributed by atoms with van der Waals surface area (Å²) in [6.45, 7) is 0.